The molecule has 0 bridgehead atoms. The number of rotatable bonds is 6. The number of carbonyl (C=O) groups is 1. The van der Waals surface area contributed by atoms with Gasteiger partial charge in [-0.15, -0.1) is 0 Å². The van der Waals surface area contributed by atoms with E-state index in [1.165, 1.54) is 18.2 Å². The number of amides is 1. The van der Waals surface area contributed by atoms with Crippen molar-refractivity contribution in [1.29, 1.82) is 0 Å². The van der Waals surface area contributed by atoms with Gasteiger partial charge in [0.15, 0.2) is 0 Å². The van der Waals surface area contributed by atoms with Gasteiger partial charge in [-0.25, -0.2) is 0 Å². The predicted molar refractivity (Wildman–Crippen MR) is 99.7 cm³/mol. The Morgan fingerprint density at radius 3 is 2.88 bits per heavy atom. The van der Waals surface area contributed by atoms with E-state index in [2.05, 4.69) is 21.2 Å². The molecule has 1 amide bonds. The van der Waals surface area contributed by atoms with Gasteiger partial charge in [-0.1, -0.05) is 6.07 Å². The van der Waals surface area contributed by atoms with E-state index in [1.807, 2.05) is 0 Å². The first kappa shape index (κ1) is 18.3. The van der Waals surface area contributed by atoms with E-state index in [-0.39, 0.29) is 17.7 Å². The highest BCUT2D eigenvalue weighted by Gasteiger charge is 2.17. The Balaban J connectivity index is 1.65. The van der Waals surface area contributed by atoms with E-state index >= 15 is 0 Å². The van der Waals surface area contributed by atoms with E-state index in [1.54, 1.807) is 24.3 Å². The van der Waals surface area contributed by atoms with Gasteiger partial charge in [0.05, 0.1) is 15.5 Å². The molecule has 1 atom stereocenters. The number of nitrogens with zero attached hydrogens (tertiary/aromatic N) is 1. The van der Waals surface area contributed by atoms with Crippen LogP contribution in [0.25, 0.3) is 0 Å². The molecule has 136 valence electrons. The number of nitro groups is 1. The molecular formula is C18H17BrN2O5. The summed E-state index contributed by atoms with van der Waals surface area (Å²) in [5.74, 6) is 0.268. The van der Waals surface area contributed by atoms with Gasteiger partial charge in [0.25, 0.3) is 11.6 Å². The van der Waals surface area contributed by atoms with Gasteiger partial charge in [0, 0.05) is 30.0 Å². The predicted octanol–water partition coefficient (Wildman–Crippen LogP) is 4.17. The van der Waals surface area contributed by atoms with Crippen LogP contribution in [0.3, 0.4) is 0 Å². The highest BCUT2D eigenvalue weighted by Crippen LogP contribution is 2.27. The van der Waals surface area contributed by atoms with Crippen LogP contribution in [0.15, 0.2) is 46.9 Å². The molecule has 1 N–H and O–H groups in total. The maximum Gasteiger partial charge on any atom is 0.271 e. The highest BCUT2D eigenvalue weighted by atomic mass is 79.9. The van der Waals surface area contributed by atoms with E-state index in [4.69, 9.17) is 9.47 Å². The number of hydrogen-bond donors (Lipinski definition) is 1. The van der Waals surface area contributed by atoms with E-state index in [9.17, 15) is 14.9 Å². The summed E-state index contributed by atoms with van der Waals surface area (Å²) in [5, 5.41) is 13.5. The van der Waals surface area contributed by atoms with Crippen molar-refractivity contribution in [1.82, 2.24) is 0 Å². The zero-order valence-corrected chi connectivity index (χ0v) is 15.4. The molecule has 0 saturated carbocycles. The standard InChI is InChI=1S/C18H17BrN2O5/c19-16-9-12(6-7-17(16)26-11-15-5-2-8-25-15)18(22)20-13-3-1-4-14(10-13)21(23)24/h1,3-4,6-7,9-10,15H,2,5,8,11H2,(H,20,22). The zero-order valence-electron chi connectivity index (χ0n) is 13.8. The van der Waals surface area contributed by atoms with Crippen LogP contribution in [0.5, 0.6) is 5.75 Å². The van der Waals surface area contributed by atoms with Crippen molar-refractivity contribution in [2.75, 3.05) is 18.5 Å². The molecular weight excluding hydrogens is 404 g/mol. The Morgan fingerprint density at radius 2 is 2.19 bits per heavy atom. The molecule has 1 aliphatic heterocycles. The third-order valence-corrected chi connectivity index (χ3v) is 4.58. The number of nitrogens with one attached hydrogen (secondary N) is 1. The summed E-state index contributed by atoms with van der Waals surface area (Å²) in [4.78, 5) is 22.7. The molecule has 8 heteroatoms. The minimum atomic E-state index is -0.508. The molecule has 3 rings (SSSR count). The van der Waals surface area contributed by atoms with Crippen LogP contribution < -0.4 is 10.1 Å². The molecule has 7 nitrogen and oxygen atoms in total. The molecule has 2 aromatic rings. The molecule has 2 aromatic carbocycles. The molecule has 0 radical (unpaired) electrons. The molecule has 1 heterocycles. The molecule has 1 aliphatic rings. The van der Waals surface area contributed by atoms with Crippen molar-refractivity contribution >= 4 is 33.2 Å². The Hall–Kier alpha value is -2.45. The zero-order chi connectivity index (χ0) is 18.5. The van der Waals surface area contributed by atoms with Crippen molar-refractivity contribution in [2.45, 2.75) is 18.9 Å². The Morgan fingerprint density at radius 1 is 1.35 bits per heavy atom. The minimum absolute atomic E-state index is 0.0816. The maximum atomic E-state index is 12.4. The number of nitro benzene ring substituents is 1. The van der Waals surface area contributed by atoms with Crippen LogP contribution in [0, 0.1) is 10.1 Å². The van der Waals surface area contributed by atoms with Gasteiger partial charge >= 0.3 is 0 Å². The summed E-state index contributed by atoms with van der Waals surface area (Å²) in [6.45, 7) is 1.24. The summed E-state index contributed by atoms with van der Waals surface area (Å²) < 4.78 is 11.9. The molecule has 0 aromatic heterocycles. The smallest absolute Gasteiger partial charge is 0.271 e. The second-order valence-electron chi connectivity index (χ2n) is 5.85. The number of halogens is 1. The van der Waals surface area contributed by atoms with Crippen molar-refractivity contribution < 1.29 is 19.2 Å². The summed E-state index contributed by atoms with van der Waals surface area (Å²) >= 11 is 3.41. The average Bonchev–Trinajstić information content (AvgIpc) is 3.14. The first-order valence-electron chi connectivity index (χ1n) is 8.12. The molecule has 0 spiro atoms. The molecule has 0 aliphatic carbocycles. The molecule has 1 unspecified atom stereocenters. The van der Waals surface area contributed by atoms with Crippen molar-refractivity contribution in [3.63, 3.8) is 0 Å². The van der Waals surface area contributed by atoms with Crippen LogP contribution in [0.4, 0.5) is 11.4 Å². The van der Waals surface area contributed by atoms with Gasteiger partial charge in [-0.2, -0.15) is 0 Å². The molecule has 1 saturated heterocycles. The second kappa shape index (κ2) is 8.29. The van der Waals surface area contributed by atoms with Gasteiger partial charge in [-0.3, -0.25) is 14.9 Å². The normalized spacial score (nSPS) is 16.3. The quantitative estimate of drug-likeness (QED) is 0.559. The number of benzene rings is 2. The number of non-ortho nitro benzene ring substituents is 1. The lowest BCUT2D eigenvalue weighted by Crippen LogP contribution is -2.16. The van der Waals surface area contributed by atoms with Crippen LogP contribution in [0.1, 0.15) is 23.2 Å². The third kappa shape index (κ3) is 4.59. The van der Waals surface area contributed by atoms with Gasteiger partial charge in [0.2, 0.25) is 0 Å². The maximum absolute atomic E-state index is 12.4. The monoisotopic (exact) mass is 420 g/mol. The van der Waals surface area contributed by atoms with Crippen molar-refractivity contribution in [3.05, 3.63) is 62.6 Å². The van der Waals surface area contributed by atoms with Crippen LogP contribution in [-0.2, 0) is 4.74 Å². The molecule has 1 fully saturated rings. The van der Waals surface area contributed by atoms with Crippen LogP contribution in [0.2, 0.25) is 0 Å². The fraction of sp³-hybridized carbons (Fsp3) is 0.278. The lowest BCUT2D eigenvalue weighted by Gasteiger charge is -2.13. The van der Waals surface area contributed by atoms with Gasteiger partial charge in [-0.05, 0) is 53.0 Å². The Kier molecular flexibility index (Phi) is 5.85. The first-order chi connectivity index (χ1) is 12.5. The lowest BCUT2D eigenvalue weighted by atomic mass is 10.2. The largest absolute Gasteiger partial charge is 0.490 e. The fourth-order valence-electron chi connectivity index (χ4n) is 2.62. The SMILES string of the molecule is O=C(Nc1cccc([N+](=O)[O-])c1)c1ccc(OCC2CCCO2)c(Br)c1. The first-order valence-corrected chi connectivity index (χ1v) is 8.92. The van der Waals surface area contributed by atoms with E-state index in [0.29, 0.717) is 28.1 Å². The third-order valence-electron chi connectivity index (χ3n) is 3.96. The summed E-state index contributed by atoms with van der Waals surface area (Å²) in [6.07, 6.45) is 2.14. The van der Waals surface area contributed by atoms with Crippen LogP contribution in [-0.4, -0.2) is 30.1 Å². The topological polar surface area (TPSA) is 90.7 Å². The van der Waals surface area contributed by atoms with Crippen LogP contribution >= 0.6 is 15.9 Å². The Bertz CT molecular complexity index is 821. The number of anilines is 1. The summed E-state index contributed by atoms with van der Waals surface area (Å²) in [7, 11) is 0. The lowest BCUT2D eigenvalue weighted by molar-refractivity contribution is -0.384. The number of carbonyl (C=O) groups excluding carboxylic acids is 1. The number of hydrogen-bond acceptors (Lipinski definition) is 5. The number of ether oxygens (including phenoxy) is 2. The van der Waals surface area contributed by atoms with Gasteiger partial charge < -0.3 is 14.8 Å². The van der Waals surface area contributed by atoms with Crippen molar-refractivity contribution in [2.24, 2.45) is 0 Å². The highest BCUT2D eigenvalue weighted by molar-refractivity contribution is 9.10. The van der Waals surface area contributed by atoms with E-state index < -0.39 is 4.92 Å². The fourth-order valence-corrected chi connectivity index (χ4v) is 3.11. The summed E-state index contributed by atoms with van der Waals surface area (Å²) in [5.41, 5.74) is 0.689. The summed E-state index contributed by atoms with van der Waals surface area (Å²) in [6, 6.07) is 10.8. The van der Waals surface area contributed by atoms with Crippen molar-refractivity contribution in [3.8, 4) is 5.75 Å². The Labute approximate surface area is 158 Å². The van der Waals surface area contributed by atoms with E-state index in [0.717, 1.165) is 19.4 Å². The molecule has 26 heavy (non-hydrogen) atoms. The second-order valence-corrected chi connectivity index (χ2v) is 6.71. The average molecular weight is 421 g/mol. The minimum Gasteiger partial charge on any atom is -0.490 e. The van der Waals surface area contributed by atoms with Gasteiger partial charge in [0.1, 0.15) is 12.4 Å².